The van der Waals surface area contributed by atoms with Gasteiger partial charge in [0.25, 0.3) is 0 Å². The third kappa shape index (κ3) is 2.43. The maximum absolute atomic E-state index is 10.9. The second-order valence-electron chi connectivity index (χ2n) is 5.06. The second kappa shape index (κ2) is 4.28. The molecular formula is C12H18O4. The van der Waals surface area contributed by atoms with Gasteiger partial charge in [0.05, 0.1) is 12.8 Å². The molecule has 0 aromatic heterocycles. The van der Waals surface area contributed by atoms with Crippen LogP contribution in [0.25, 0.3) is 0 Å². The van der Waals surface area contributed by atoms with E-state index in [4.69, 9.17) is 10.2 Å². The van der Waals surface area contributed by atoms with Crippen molar-refractivity contribution < 1.29 is 19.8 Å². The summed E-state index contributed by atoms with van der Waals surface area (Å²) in [6.45, 7) is 3.70. The SMILES string of the molecule is CC1(CC(=O)O)C=CCCC1(C)CC(=O)O. The number of carboxylic acid groups (broad SMARTS) is 2. The zero-order valence-corrected chi connectivity index (χ0v) is 9.69. The monoisotopic (exact) mass is 226 g/mol. The van der Waals surface area contributed by atoms with Crippen LogP contribution in [0.4, 0.5) is 0 Å². The highest BCUT2D eigenvalue weighted by molar-refractivity contribution is 5.70. The molecule has 16 heavy (non-hydrogen) atoms. The summed E-state index contributed by atoms with van der Waals surface area (Å²) < 4.78 is 0. The van der Waals surface area contributed by atoms with Crippen molar-refractivity contribution in [3.8, 4) is 0 Å². The van der Waals surface area contributed by atoms with Gasteiger partial charge in [0.1, 0.15) is 0 Å². The highest BCUT2D eigenvalue weighted by atomic mass is 16.4. The molecule has 0 heterocycles. The Morgan fingerprint density at radius 1 is 1.19 bits per heavy atom. The minimum absolute atomic E-state index is 0.0150. The van der Waals surface area contributed by atoms with E-state index in [1.54, 1.807) is 0 Å². The second-order valence-corrected chi connectivity index (χ2v) is 5.06. The number of carbonyl (C=O) groups is 2. The minimum Gasteiger partial charge on any atom is -0.481 e. The fraction of sp³-hybridized carbons (Fsp3) is 0.667. The molecule has 90 valence electrons. The Hall–Kier alpha value is -1.32. The molecule has 0 aliphatic heterocycles. The molecule has 0 fully saturated rings. The van der Waals surface area contributed by atoms with Gasteiger partial charge in [-0.1, -0.05) is 26.0 Å². The van der Waals surface area contributed by atoms with Crippen LogP contribution in [0.15, 0.2) is 12.2 Å². The summed E-state index contributed by atoms with van der Waals surface area (Å²) in [5.74, 6) is -1.75. The molecule has 0 spiro atoms. The first-order valence-electron chi connectivity index (χ1n) is 5.40. The predicted molar refractivity (Wildman–Crippen MR) is 59.1 cm³/mol. The molecule has 1 aliphatic carbocycles. The highest BCUT2D eigenvalue weighted by Gasteiger charge is 2.46. The number of rotatable bonds is 4. The normalized spacial score (nSPS) is 33.6. The van der Waals surface area contributed by atoms with Gasteiger partial charge in [-0.15, -0.1) is 0 Å². The lowest BCUT2D eigenvalue weighted by molar-refractivity contribution is -0.146. The van der Waals surface area contributed by atoms with Gasteiger partial charge < -0.3 is 10.2 Å². The quantitative estimate of drug-likeness (QED) is 0.721. The maximum Gasteiger partial charge on any atom is 0.304 e. The number of hydrogen-bond donors (Lipinski definition) is 2. The fourth-order valence-electron chi connectivity index (χ4n) is 2.44. The molecule has 2 atom stereocenters. The fourth-order valence-corrected chi connectivity index (χ4v) is 2.44. The summed E-state index contributed by atoms with van der Waals surface area (Å²) in [5.41, 5.74) is -1.05. The number of carboxylic acids is 2. The average Bonchev–Trinajstić information content (AvgIpc) is 2.08. The predicted octanol–water partition coefficient (Wildman–Crippen LogP) is 2.30. The Labute approximate surface area is 95.0 Å². The van der Waals surface area contributed by atoms with E-state index in [-0.39, 0.29) is 12.8 Å². The number of aliphatic carboxylic acids is 2. The van der Waals surface area contributed by atoms with Crippen LogP contribution in [0, 0.1) is 10.8 Å². The first kappa shape index (κ1) is 12.7. The van der Waals surface area contributed by atoms with Crippen molar-refractivity contribution in [3.63, 3.8) is 0 Å². The van der Waals surface area contributed by atoms with Crippen LogP contribution < -0.4 is 0 Å². The van der Waals surface area contributed by atoms with Crippen LogP contribution >= 0.6 is 0 Å². The van der Waals surface area contributed by atoms with Crippen molar-refractivity contribution in [1.82, 2.24) is 0 Å². The van der Waals surface area contributed by atoms with Crippen molar-refractivity contribution in [2.75, 3.05) is 0 Å². The Bertz CT molecular complexity index is 334. The minimum atomic E-state index is -0.884. The van der Waals surface area contributed by atoms with Gasteiger partial charge in [-0.25, -0.2) is 0 Å². The van der Waals surface area contributed by atoms with E-state index in [0.717, 1.165) is 12.8 Å². The van der Waals surface area contributed by atoms with E-state index in [0.29, 0.717) is 0 Å². The first-order chi connectivity index (χ1) is 7.29. The maximum atomic E-state index is 10.9. The van der Waals surface area contributed by atoms with Gasteiger partial charge in [-0.3, -0.25) is 9.59 Å². The summed E-state index contributed by atoms with van der Waals surface area (Å²) in [4.78, 5) is 21.7. The van der Waals surface area contributed by atoms with Crippen molar-refractivity contribution in [3.05, 3.63) is 12.2 Å². The average molecular weight is 226 g/mol. The standard InChI is InChI=1S/C12H18O4/c1-11(7-9(13)14)5-3-4-6-12(11,2)8-10(15)16/h3,5H,4,6-8H2,1-2H3,(H,13,14)(H,15,16). The van der Waals surface area contributed by atoms with Crippen LogP contribution in [0.2, 0.25) is 0 Å². The Morgan fingerprint density at radius 3 is 2.25 bits per heavy atom. The lowest BCUT2D eigenvalue weighted by Gasteiger charge is -2.45. The largest absolute Gasteiger partial charge is 0.481 e. The molecule has 0 aromatic rings. The van der Waals surface area contributed by atoms with Gasteiger partial charge >= 0.3 is 11.9 Å². The van der Waals surface area contributed by atoms with E-state index >= 15 is 0 Å². The summed E-state index contributed by atoms with van der Waals surface area (Å²) in [5, 5.41) is 17.8. The van der Waals surface area contributed by atoms with Gasteiger partial charge in [0.15, 0.2) is 0 Å². The van der Waals surface area contributed by atoms with Crippen molar-refractivity contribution in [2.24, 2.45) is 10.8 Å². The van der Waals surface area contributed by atoms with Crippen LogP contribution in [0.1, 0.15) is 39.5 Å². The van der Waals surface area contributed by atoms with Crippen molar-refractivity contribution in [1.29, 1.82) is 0 Å². The number of hydrogen-bond acceptors (Lipinski definition) is 2. The Kier molecular flexibility index (Phi) is 3.41. The molecule has 0 aromatic carbocycles. The lowest BCUT2D eigenvalue weighted by Crippen LogP contribution is -2.41. The van der Waals surface area contributed by atoms with Crippen LogP contribution in [-0.4, -0.2) is 22.2 Å². The molecule has 0 amide bonds. The molecular weight excluding hydrogens is 208 g/mol. The lowest BCUT2D eigenvalue weighted by atomic mass is 9.58. The topological polar surface area (TPSA) is 74.6 Å². The first-order valence-corrected chi connectivity index (χ1v) is 5.40. The Balaban J connectivity index is 3.00. The zero-order chi connectivity index (χ0) is 12.4. The van der Waals surface area contributed by atoms with Crippen molar-refractivity contribution in [2.45, 2.75) is 39.5 Å². The van der Waals surface area contributed by atoms with Crippen LogP contribution in [0.5, 0.6) is 0 Å². The molecule has 1 aliphatic rings. The third-order valence-corrected chi connectivity index (χ3v) is 3.79. The van der Waals surface area contributed by atoms with E-state index in [1.165, 1.54) is 0 Å². The van der Waals surface area contributed by atoms with Gasteiger partial charge in [-0.2, -0.15) is 0 Å². The Morgan fingerprint density at radius 2 is 1.75 bits per heavy atom. The summed E-state index contributed by atoms with van der Waals surface area (Å²) in [7, 11) is 0. The molecule has 0 bridgehead atoms. The van der Waals surface area contributed by atoms with E-state index in [9.17, 15) is 9.59 Å². The summed E-state index contributed by atoms with van der Waals surface area (Å²) >= 11 is 0. The number of allylic oxidation sites excluding steroid dienone is 2. The molecule has 4 heteroatoms. The van der Waals surface area contributed by atoms with Crippen LogP contribution in [0.3, 0.4) is 0 Å². The molecule has 2 N–H and O–H groups in total. The van der Waals surface area contributed by atoms with E-state index in [1.807, 2.05) is 26.0 Å². The van der Waals surface area contributed by atoms with Gasteiger partial charge in [0, 0.05) is 5.41 Å². The van der Waals surface area contributed by atoms with Crippen LogP contribution in [-0.2, 0) is 9.59 Å². The van der Waals surface area contributed by atoms with Gasteiger partial charge in [0.2, 0.25) is 0 Å². The van der Waals surface area contributed by atoms with Crippen molar-refractivity contribution >= 4 is 11.9 Å². The molecule has 2 unspecified atom stereocenters. The zero-order valence-electron chi connectivity index (χ0n) is 9.69. The molecule has 1 rings (SSSR count). The van der Waals surface area contributed by atoms with E-state index < -0.39 is 22.8 Å². The molecule has 4 nitrogen and oxygen atoms in total. The molecule has 0 saturated heterocycles. The highest BCUT2D eigenvalue weighted by Crippen LogP contribution is 2.51. The molecule has 0 saturated carbocycles. The third-order valence-electron chi connectivity index (χ3n) is 3.79. The van der Waals surface area contributed by atoms with E-state index in [2.05, 4.69) is 0 Å². The van der Waals surface area contributed by atoms with Gasteiger partial charge in [-0.05, 0) is 18.3 Å². The molecule has 0 radical (unpaired) electrons. The summed E-state index contributed by atoms with van der Waals surface area (Å²) in [6, 6.07) is 0. The smallest absolute Gasteiger partial charge is 0.304 e. The summed E-state index contributed by atoms with van der Waals surface area (Å²) in [6.07, 6.45) is 5.35.